The van der Waals surface area contributed by atoms with Gasteiger partial charge in [-0.2, -0.15) is 0 Å². The van der Waals surface area contributed by atoms with E-state index < -0.39 is 0 Å². The Bertz CT molecular complexity index is 587. The largest absolute Gasteiger partial charge is 0.359 e. The summed E-state index contributed by atoms with van der Waals surface area (Å²) in [6.45, 7) is 1.22. The first-order chi connectivity index (χ1) is 9.65. The van der Waals surface area contributed by atoms with Crippen LogP contribution in [0.5, 0.6) is 0 Å². The number of rotatable bonds is 4. The van der Waals surface area contributed by atoms with Crippen LogP contribution in [0.1, 0.15) is 11.1 Å². The molecule has 0 fully saturated rings. The van der Waals surface area contributed by atoms with Gasteiger partial charge in [-0.05, 0) is 41.5 Å². The Labute approximate surface area is 131 Å². The van der Waals surface area contributed by atoms with E-state index >= 15 is 0 Å². The number of thiocarbonyl (C=S) groups is 1. The van der Waals surface area contributed by atoms with Gasteiger partial charge in [-0.3, -0.25) is 0 Å². The minimum absolute atomic E-state index is 0.233. The minimum Gasteiger partial charge on any atom is -0.359 e. The van der Waals surface area contributed by atoms with Crippen molar-refractivity contribution >= 4 is 33.3 Å². The normalized spacial score (nSPS) is 10.1. The van der Waals surface area contributed by atoms with Crippen molar-refractivity contribution in [3.05, 3.63) is 69.9 Å². The third-order valence-electron chi connectivity index (χ3n) is 2.76. The smallest absolute Gasteiger partial charge is 0.166 e. The summed E-state index contributed by atoms with van der Waals surface area (Å²) in [7, 11) is 0. The highest BCUT2D eigenvalue weighted by Crippen LogP contribution is 2.15. The van der Waals surface area contributed by atoms with Gasteiger partial charge in [-0.25, -0.2) is 4.39 Å². The predicted molar refractivity (Wildman–Crippen MR) is 86.8 cm³/mol. The van der Waals surface area contributed by atoms with E-state index in [-0.39, 0.29) is 5.82 Å². The summed E-state index contributed by atoms with van der Waals surface area (Å²) in [6, 6.07) is 14.3. The molecule has 0 aromatic heterocycles. The molecule has 0 atom stereocenters. The maximum Gasteiger partial charge on any atom is 0.166 e. The summed E-state index contributed by atoms with van der Waals surface area (Å²) in [5.74, 6) is -0.233. The Kier molecular flexibility index (Phi) is 5.49. The van der Waals surface area contributed by atoms with Gasteiger partial charge in [-0.1, -0.05) is 46.3 Å². The minimum atomic E-state index is -0.233. The van der Waals surface area contributed by atoms with E-state index in [0.717, 1.165) is 15.6 Å². The van der Waals surface area contributed by atoms with Crippen molar-refractivity contribution in [2.45, 2.75) is 13.1 Å². The zero-order valence-electron chi connectivity index (χ0n) is 10.7. The van der Waals surface area contributed by atoms with Crippen LogP contribution >= 0.6 is 28.1 Å². The highest BCUT2D eigenvalue weighted by Gasteiger charge is 2.00. The first kappa shape index (κ1) is 14.9. The zero-order chi connectivity index (χ0) is 14.4. The van der Waals surface area contributed by atoms with Crippen LogP contribution in [0.4, 0.5) is 4.39 Å². The lowest BCUT2D eigenvalue weighted by molar-refractivity contribution is 0.626. The Balaban J connectivity index is 1.78. The van der Waals surface area contributed by atoms with E-state index in [4.69, 9.17) is 12.2 Å². The fourth-order valence-electron chi connectivity index (χ4n) is 1.66. The summed E-state index contributed by atoms with van der Waals surface area (Å²) < 4.78 is 13.8. The van der Waals surface area contributed by atoms with Crippen molar-refractivity contribution in [2.24, 2.45) is 0 Å². The third kappa shape index (κ3) is 4.58. The molecule has 104 valence electrons. The molecule has 0 radical (unpaired) electrons. The maximum atomic E-state index is 12.8. The molecule has 5 heteroatoms. The quantitative estimate of drug-likeness (QED) is 0.819. The molecule has 2 rings (SSSR count). The number of benzene rings is 2. The van der Waals surface area contributed by atoms with E-state index in [2.05, 4.69) is 26.6 Å². The van der Waals surface area contributed by atoms with Crippen LogP contribution in [0.3, 0.4) is 0 Å². The Morgan fingerprint density at radius 2 is 1.65 bits per heavy atom. The second-order valence-corrected chi connectivity index (χ2v) is 5.52. The van der Waals surface area contributed by atoms with Gasteiger partial charge in [0.05, 0.1) is 0 Å². The van der Waals surface area contributed by atoms with Crippen LogP contribution in [0.15, 0.2) is 53.0 Å². The molecular formula is C15H14BrFN2S. The fourth-order valence-corrected chi connectivity index (χ4v) is 2.23. The Morgan fingerprint density at radius 1 is 1.00 bits per heavy atom. The molecule has 0 bridgehead atoms. The second-order valence-electron chi connectivity index (χ2n) is 4.25. The molecule has 0 aliphatic heterocycles. The molecule has 0 saturated heterocycles. The van der Waals surface area contributed by atoms with Gasteiger partial charge in [0.15, 0.2) is 5.11 Å². The molecule has 0 spiro atoms. The van der Waals surface area contributed by atoms with E-state index in [1.165, 1.54) is 12.1 Å². The van der Waals surface area contributed by atoms with Crippen LogP contribution in [0.25, 0.3) is 0 Å². The summed E-state index contributed by atoms with van der Waals surface area (Å²) in [4.78, 5) is 0. The summed E-state index contributed by atoms with van der Waals surface area (Å²) in [6.07, 6.45) is 0. The van der Waals surface area contributed by atoms with E-state index in [1.54, 1.807) is 12.1 Å². The van der Waals surface area contributed by atoms with Crippen molar-refractivity contribution in [3.8, 4) is 0 Å². The van der Waals surface area contributed by atoms with Crippen molar-refractivity contribution in [1.29, 1.82) is 0 Å². The van der Waals surface area contributed by atoms with Crippen LogP contribution < -0.4 is 10.6 Å². The molecule has 0 saturated carbocycles. The predicted octanol–water partition coefficient (Wildman–Crippen LogP) is 3.75. The number of hydrogen-bond donors (Lipinski definition) is 2. The summed E-state index contributed by atoms with van der Waals surface area (Å²) in [5, 5.41) is 6.80. The standard InChI is InChI=1S/C15H14BrFN2S/c16-14-4-2-1-3-12(14)10-19-15(20)18-9-11-5-7-13(17)8-6-11/h1-8H,9-10H2,(H2,18,19,20). The Morgan fingerprint density at radius 3 is 2.35 bits per heavy atom. The molecule has 2 aromatic rings. The van der Waals surface area contributed by atoms with Gasteiger partial charge in [0.1, 0.15) is 5.82 Å². The first-order valence-corrected chi connectivity index (χ1v) is 7.35. The van der Waals surface area contributed by atoms with Crippen molar-refractivity contribution in [1.82, 2.24) is 10.6 Å². The molecule has 2 N–H and O–H groups in total. The second kappa shape index (κ2) is 7.36. The average Bonchev–Trinajstić information content (AvgIpc) is 2.46. The molecule has 0 amide bonds. The maximum absolute atomic E-state index is 12.8. The van der Waals surface area contributed by atoms with Crippen LogP contribution in [0.2, 0.25) is 0 Å². The number of hydrogen-bond acceptors (Lipinski definition) is 1. The van der Waals surface area contributed by atoms with Crippen LogP contribution in [0, 0.1) is 5.82 Å². The molecule has 0 aliphatic rings. The number of nitrogens with one attached hydrogen (secondary N) is 2. The van der Waals surface area contributed by atoms with Crippen molar-refractivity contribution in [2.75, 3.05) is 0 Å². The topological polar surface area (TPSA) is 24.1 Å². The third-order valence-corrected chi connectivity index (χ3v) is 3.83. The van der Waals surface area contributed by atoms with E-state index in [0.29, 0.717) is 18.2 Å². The Hall–Kier alpha value is -1.46. The first-order valence-electron chi connectivity index (χ1n) is 6.15. The lowest BCUT2D eigenvalue weighted by atomic mass is 10.2. The van der Waals surface area contributed by atoms with Gasteiger partial charge in [-0.15, -0.1) is 0 Å². The van der Waals surface area contributed by atoms with Gasteiger partial charge < -0.3 is 10.6 Å². The fraction of sp³-hybridized carbons (Fsp3) is 0.133. The highest BCUT2D eigenvalue weighted by molar-refractivity contribution is 9.10. The molecule has 2 nitrogen and oxygen atoms in total. The average molecular weight is 353 g/mol. The van der Waals surface area contributed by atoms with Crippen molar-refractivity contribution < 1.29 is 4.39 Å². The zero-order valence-corrected chi connectivity index (χ0v) is 13.1. The molecule has 20 heavy (non-hydrogen) atoms. The molecule has 0 heterocycles. The SMILES string of the molecule is Fc1ccc(CNC(=S)NCc2ccccc2Br)cc1. The molecule has 0 unspecified atom stereocenters. The number of halogens is 2. The monoisotopic (exact) mass is 352 g/mol. The summed E-state index contributed by atoms with van der Waals surface area (Å²) in [5.41, 5.74) is 2.12. The van der Waals surface area contributed by atoms with Crippen LogP contribution in [-0.2, 0) is 13.1 Å². The van der Waals surface area contributed by atoms with Crippen molar-refractivity contribution in [3.63, 3.8) is 0 Å². The van der Waals surface area contributed by atoms with Gasteiger partial charge in [0.25, 0.3) is 0 Å². The molecule has 0 aliphatic carbocycles. The van der Waals surface area contributed by atoms with E-state index in [9.17, 15) is 4.39 Å². The van der Waals surface area contributed by atoms with Gasteiger partial charge in [0.2, 0.25) is 0 Å². The molecule has 2 aromatic carbocycles. The lowest BCUT2D eigenvalue weighted by Crippen LogP contribution is -2.34. The molecular weight excluding hydrogens is 339 g/mol. The summed E-state index contributed by atoms with van der Waals surface area (Å²) >= 11 is 8.70. The van der Waals surface area contributed by atoms with Crippen LogP contribution in [-0.4, -0.2) is 5.11 Å². The van der Waals surface area contributed by atoms with E-state index in [1.807, 2.05) is 24.3 Å². The van der Waals surface area contributed by atoms with Gasteiger partial charge in [0, 0.05) is 17.6 Å². The lowest BCUT2D eigenvalue weighted by Gasteiger charge is -2.11. The highest BCUT2D eigenvalue weighted by atomic mass is 79.9. The van der Waals surface area contributed by atoms with Gasteiger partial charge >= 0.3 is 0 Å².